The second-order valence-corrected chi connectivity index (χ2v) is 10.5. The van der Waals surface area contributed by atoms with E-state index in [2.05, 4.69) is 14.8 Å². The van der Waals surface area contributed by atoms with Crippen molar-refractivity contribution in [3.05, 3.63) is 0 Å². The second-order valence-electron chi connectivity index (χ2n) is 5.67. The van der Waals surface area contributed by atoms with Crippen molar-refractivity contribution in [2.75, 3.05) is 18.8 Å². The number of carbonyl (C=O) groups excluding carboxylic acids is 1. The third-order valence-corrected chi connectivity index (χ3v) is 6.26. The van der Waals surface area contributed by atoms with Gasteiger partial charge in [-0.3, -0.25) is 9.35 Å². The summed E-state index contributed by atoms with van der Waals surface area (Å²) in [5.41, 5.74) is 0. The molecule has 1 unspecified atom stereocenters. The van der Waals surface area contributed by atoms with Gasteiger partial charge in [0.2, 0.25) is 5.91 Å². The average molecular weight is 406 g/mol. The Morgan fingerprint density at radius 2 is 1.67 bits per heavy atom. The summed E-state index contributed by atoms with van der Waals surface area (Å²) in [6.07, 6.45) is -0.0197. The topological polar surface area (TPSA) is 142 Å². The Kier molecular flexibility index (Phi) is 10.4. The molecule has 0 aliphatic rings. The van der Waals surface area contributed by atoms with E-state index in [0.717, 1.165) is 0 Å². The van der Waals surface area contributed by atoms with Crippen molar-refractivity contribution in [3.63, 3.8) is 0 Å². The predicted octanol–water partition coefficient (Wildman–Crippen LogP) is -0.277. The van der Waals surface area contributed by atoms with Crippen LogP contribution in [-0.4, -0.2) is 62.7 Å². The van der Waals surface area contributed by atoms with E-state index in [9.17, 15) is 26.2 Å². The first-order valence-electron chi connectivity index (χ1n) is 7.47. The zero-order valence-corrected chi connectivity index (χ0v) is 16.7. The Balaban J connectivity index is 4.43. The smallest absolute Gasteiger partial charge is 0.277 e. The maximum atomic E-state index is 11.9. The average Bonchev–Trinajstić information content (AvgIpc) is 2.36. The fourth-order valence-corrected chi connectivity index (χ4v) is 4.50. The lowest BCUT2D eigenvalue weighted by Crippen LogP contribution is -2.46. The third-order valence-electron chi connectivity index (χ3n) is 2.59. The molecule has 144 valence electrons. The molecular formula is C12H27N3O6S3. The van der Waals surface area contributed by atoms with Crippen LogP contribution < -0.4 is 14.8 Å². The molecule has 0 spiro atoms. The highest BCUT2D eigenvalue weighted by atomic mass is 32.2. The van der Waals surface area contributed by atoms with Crippen molar-refractivity contribution >= 4 is 38.0 Å². The normalized spacial score (nSPS) is 14.1. The Bertz CT molecular complexity index is 589. The minimum Gasteiger partial charge on any atom is -0.354 e. The van der Waals surface area contributed by atoms with Gasteiger partial charge in [0.1, 0.15) is 0 Å². The molecule has 0 aliphatic heterocycles. The lowest BCUT2D eigenvalue weighted by atomic mass is 10.3. The van der Waals surface area contributed by atoms with Gasteiger partial charge in [0.25, 0.3) is 20.3 Å². The summed E-state index contributed by atoms with van der Waals surface area (Å²) < 4.78 is 59.4. The van der Waals surface area contributed by atoms with Crippen LogP contribution in [0.1, 0.15) is 34.1 Å². The van der Waals surface area contributed by atoms with Crippen molar-refractivity contribution < 1.29 is 26.2 Å². The summed E-state index contributed by atoms with van der Waals surface area (Å²) in [5, 5.41) is 1.03. The molecule has 1 amide bonds. The van der Waals surface area contributed by atoms with Gasteiger partial charge in [-0.2, -0.15) is 33.3 Å². The van der Waals surface area contributed by atoms with Gasteiger partial charge in [-0.15, -0.1) is 0 Å². The highest BCUT2D eigenvalue weighted by Crippen LogP contribution is 2.14. The lowest BCUT2D eigenvalue weighted by Gasteiger charge is -2.15. The number of rotatable bonds is 12. The van der Waals surface area contributed by atoms with Crippen LogP contribution in [0.5, 0.6) is 0 Å². The first-order valence-corrected chi connectivity index (χ1v) is 11.5. The van der Waals surface area contributed by atoms with Crippen molar-refractivity contribution in [3.8, 4) is 0 Å². The van der Waals surface area contributed by atoms with Crippen LogP contribution in [0.2, 0.25) is 0 Å². The Hall–Kier alpha value is -0.400. The maximum Gasteiger partial charge on any atom is 0.277 e. The van der Waals surface area contributed by atoms with Crippen molar-refractivity contribution in [1.29, 1.82) is 0 Å². The fraction of sp³-hybridized carbons (Fsp3) is 0.917. The molecule has 0 aliphatic carbocycles. The van der Waals surface area contributed by atoms with Crippen molar-refractivity contribution in [2.24, 2.45) is 0 Å². The summed E-state index contributed by atoms with van der Waals surface area (Å²) in [6.45, 7) is 6.99. The van der Waals surface area contributed by atoms with Gasteiger partial charge >= 0.3 is 0 Å². The molecule has 0 bridgehead atoms. The molecule has 9 nitrogen and oxygen atoms in total. The van der Waals surface area contributed by atoms with E-state index in [1.165, 1.54) is 11.8 Å². The molecule has 0 heterocycles. The molecule has 0 aromatic carbocycles. The Morgan fingerprint density at radius 1 is 1.08 bits per heavy atom. The molecule has 24 heavy (non-hydrogen) atoms. The Labute approximate surface area is 148 Å². The largest absolute Gasteiger partial charge is 0.354 e. The van der Waals surface area contributed by atoms with Gasteiger partial charge < -0.3 is 5.32 Å². The van der Waals surface area contributed by atoms with E-state index in [1.54, 1.807) is 13.8 Å². The van der Waals surface area contributed by atoms with Crippen molar-refractivity contribution in [1.82, 2.24) is 14.8 Å². The van der Waals surface area contributed by atoms with Crippen LogP contribution in [0.4, 0.5) is 0 Å². The van der Waals surface area contributed by atoms with Crippen LogP contribution in [-0.2, 0) is 25.1 Å². The van der Waals surface area contributed by atoms with Crippen LogP contribution in [0.15, 0.2) is 0 Å². The highest BCUT2D eigenvalue weighted by Gasteiger charge is 2.30. The summed E-state index contributed by atoms with van der Waals surface area (Å²) in [4.78, 5) is 11.9. The lowest BCUT2D eigenvalue weighted by molar-refractivity contribution is -0.120. The number of carbonyl (C=O) groups is 1. The van der Waals surface area contributed by atoms with Gasteiger partial charge in [-0.1, -0.05) is 13.8 Å². The van der Waals surface area contributed by atoms with Crippen LogP contribution in [0, 0.1) is 0 Å². The van der Waals surface area contributed by atoms with Crippen LogP contribution in [0.25, 0.3) is 0 Å². The van der Waals surface area contributed by atoms with E-state index in [0.29, 0.717) is 5.75 Å². The molecule has 0 saturated carbocycles. The third kappa shape index (κ3) is 11.2. The van der Waals surface area contributed by atoms with Gasteiger partial charge in [0.05, 0.1) is 0 Å². The monoisotopic (exact) mass is 405 g/mol. The molecule has 0 radical (unpaired) electrons. The summed E-state index contributed by atoms with van der Waals surface area (Å²) in [7, 11) is -8.19. The first-order chi connectivity index (χ1) is 10.8. The Morgan fingerprint density at radius 3 is 2.12 bits per heavy atom. The van der Waals surface area contributed by atoms with Gasteiger partial charge in [-0.25, -0.2) is 4.72 Å². The fourth-order valence-electron chi connectivity index (χ4n) is 1.66. The highest BCUT2D eigenvalue weighted by molar-refractivity contribution is 7.99. The number of amides is 1. The standard InChI is InChI=1S/C12H27N3O6S3/c1-9(2)15-24(20,21)14-7-6-13-12(16)11(23(17,18)19)5-8-22-10(3)4/h9-11,14-15H,5-8H2,1-4H3,(H,13,16)(H,17,18,19). The van der Waals surface area contributed by atoms with E-state index < -0.39 is 31.5 Å². The quantitative estimate of drug-likeness (QED) is 0.258. The predicted molar refractivity (Wildman–Crippen MR) is 95.8 cm³/mol. The molecule has 0 aromatic heterocycles. The molecule has 12 heteroatoms. The van der Waals surface area contributed by atoms with E-state index in [1.807, 2.05) is 13.8 Å². The zero-order valence-electron chi connectivity index (χ0n) is 14.3. The van der Waals surface area contributed by atoms with E-state index >= 15 is 0 Å². The van der Waals surface area contributed by atoms with E-state index in [4.69, 9.17) is 0 Å². The summed E-state index contributed by atoms with van der Waals surface area (Å²) >= 11 is 1.47. The molecule has 0 rings (SSSR count). The van der Waals surface area contributed by atoms with Gasteiger partial charge in [-0.05, 0) is 31.3 Å². The zero-order chi connectivity index (χ0) is 19.0. The first kappa shape index (κ1) is 23.6. The second kappa shape index (κ2) is 10.6. The molecule has 1 atom stereocenters. The summed E-state index contributed by atoms with van der Waals surface area (Å²) in [6, 6.07) is -0.278. The SMILES string of the molecule is CC(C)NS(=O)(=O)NCCNC(=O)C(CCSC(C)C)S(=O)(=O)O. The molecular weight excluding hydrogens is 378 g/mol. The van der Waals surface area contributed by atoms with Crippen LogP contribution >= 0.6 is 11.8 Å². The summed E-state index contributed by atoms with van der Waals surface area (Å²) in [5.74, 6) is -0.446. The molecule has 0 saturated heterocycles. The van der Waals surface area contributed by atoms with Gasteiger partial charge in [0, 0.05) is 19.1 Å². The maximum absolute atomic E-state index is 11.9. The number of nitrogens with one attached hydrogen (secondary N) is 3. The molecule has 4 N–H and O–H groups in total. The van der Waals surface area contributed by atoms with Crippen molar-refractivity contribution in [2.45, 2.75) is 50.7 Å². The van der Waals surface area contributed by atoms with Crippen LogP contribution in [0.3, 0.4) is 0 Å². The minimum absolute atomic E-state index is 0.0197. The van der Waals surface area contributed by atoms with E-state index in [-0.39, 0.29) is 30.8 Å². The number of hydrogen-bond donors (Lipinski definition) is 4. The minimum atomic E-state index is -4.52. The van der Waals surface area contributed by atoms with Gasteiger partial charge in [0.15, 0.2) is 5.25 Å². The molecule has 0 aromatic rings. The number of thioether (sulfide) groups is 1. The molecule has 0 fully saturated rings. The number of hydrogen-bond acceptors (Lipinski definition) is 6.